The van der Waals surface area contributed by atoms with E-state index in [1.807, 2.05) is 0 Å². The third-order valence-electron chi connectivity index (χ3n) is 4.42. The number of anilines is 1. The largest absolute Gasteiger partial charge is 0.446 e. The number of benzene rings is 1. The number of carbonyl (C=O) groups excluding carboxylic acids is 2. The van der Waals surface area contributed by atoms with Crippen molar-refractivity contribution in [2.24, 2.45) is 0 Å². The van der Waals surface area contributed by atoms with Gasteiger partial charge in [0, 0.05) is 17.1 Å². The highest BCUT2D eigenvalue weighted by atomic mass is 35.5. The number of nitrogens with zero attached hydrogens (tertiary/aromatic N) is 2. The molecule has 0 unspecified atom stereocenters. The zero-order valence-corrected chi connectivity index (χ0v) is 15.9. The Morgan fingerprint density at radius 2 is 2.00 bits per heavy atom. The number of carbonyl (C=O) groups is 2. The highest BCUT2D eigenvalue weighted by molar-refractivity contribution is 6.36. The first-order chi connectivity index (χ1) is 13.0. The molecule has 2 saturated carbocycles. The van der Waals surface area contributed by atoms with Crippen LogP contribution in [0.3, 0.4) is 0 Å². The lowest BCUT2D eigenvalue weighted by Gasteiger charge is -2.21. The van der Waals surface area contributed by atoms with Crippen LogP contribution in [0, 0.1) is 0 Å². The quantitative estimate of drug-likeness (QED) is 0.753. The number of rotatable bonds is 6. The number of aromatic nitrogens is 1. The van der Waals surface area contributed by atoms with Gasteiger partial charge in [0.2, 0.25) is 5.89 Å². The normalized spacial score (nSPS) is 16.1. The van der Waals surface area contributed by atoms with E-state index >= 15 is 0 Å². The summed E-state index contributed by atoms with van der Waals surface area (Å²) in [5.74, 6) is 0.0723. The summed E-state index contributed by atoms with van der Waals surface area (Å²) in [6.07, 6.45) is 5.15. The lowest BCUT2D eigenvalue weighted by atomic mass is 10.3. The van der Waals surface area contributed by atoms with E-state index in [-0.39, 0.29) is 36.3 Å². The number of oxazole rings is 1. The predicted molar refractivity (Wildman–Crippen MR) is 101 cm³/mol. The molecule has 2 aromatic rings. The van der Waals surface area contributed by atoms with Crippen LogP contribution in [0.25, 0.3) is 0 Å². The van der Waals surface area contributed by atoms with Gasteiger partial charge in [-0.15, -0.1) is 0 Å². The van der Waals surface area contributed by atoms with Crippen molar-refractivity contribution in [3.63, 3.8) is 0 Å². The highest BCUT2D eigenvalue weighted by Crippen LogP contribution is 2.31. The van der Waals surface area contributed by atoms with Crippen LogP contribution in [-0.2, 0) is 6.54 Å². The molecule has 142 valence electrons. The molecule has 27 heavy (non-hydrogen) atoms. The van der Waals surface area contributed by atoms with Crippen LogP contribution in [0.2, 0.25) is 10.0 Å². The van der Waals surface area contributed by atoms with Crippen LogP contribution in [0.5, 0.6) is 0 Å². The van der Waals surface area contributed by atoms with Crippen molar-refractivity contribution in [2.75, 3.05) is 5.32 Å². The lowest BCUT2D eigenvalue weighted by Crippen LogP contribution is -2.36. The van der Waals surface area contributed by atoms with Crippen LogP contribution in [0.4, 0.5) is 10.5 Å². The number of nitrogens with one attached hydrogen (secondary N) is 2. The van der Waals surface area contributed by atoms with Gasteiger partial charge < -0.3 is 20.0 Å². The number of amides is 3. The predicted octanol–water partition coefficient (Wildman–Crippen LogP) is 4.07. The first-order valence-corrected chi connectivity index (χ1v) is 9.53. The molecule has 1 aromatic heterocycles. The molecule has 3 amide bonds. The van der Waals surface area contributed by atoms with Crippen molar-refractivity contribution >= 4 is 40.8 Å². The molecule has 7 nitrogen and oxygen atoms in total. The average Bonchev–Trinajstić information content (AvgIpc) is 3.56. The minimum absolute atomic E-state index is 0.117. The third kappa shape index (κ3) is 4.54. The van der Waals surface area contributed by atoms with Crippen LogP contribution < -0.4 is 10.6 Å². The fourth-order valence-electron chi connectivity index (χ4n) is 2.65. The molecule has 0 bridgehead atoms. The van der Waals surface area contributed by atoms with Gasteiger partial charge in [0.1, 0.15) is 6.26 Å². The Hall–Kier alpha value is -2.25. The lowest BCUT2D eigenvalue weighted by molar-refractivity contribution is 0.0946. The van der Waals surface area contributed by atoms with Gasteiger partial charge >= 0.3 is 6.03 Å². The van der Waals surface area contributed by atoms with Gasteiger partial charge in [0.15, 0.2) is 5.69 Å². The molecule has 0 atom stereocenters. The minimum Gasteiger partial charge on any atom is -0.446 e. The number of halogens is 2. The van der Waals surface area contributed by atoms with Gasteiger partial charge in [-0.05, 0) is 43.9 Å². The summed E-state index contributed by atoms with van der Waals surface area (Å²) < 4.78 is 5.40. The standard InChI is InChI=1S/C18H18Cl2N4O3/c19-10-1-6-14(13(20)7-10)23-18(26)24(12-4-5-12)8-16-22-15(9-27-16)17(25)21-11-2-3-11/h1,6-7,9,11-12H,2-5,8H2,(H,21,25)(H,23,26). The maximum atomic E-state index is 12.7. The van der Waals surface area contributed by atoms with Crippen molar-refractivity contribution in [1.82, 2.24) is 15.2 Å². The number of urea groups is 1. The average molecular weight is 409 g/mol. The van der Waals surface area contributed by atoms with E-state index in [0.717, 1.165) is 25.7 Å². The summed E-state index contributed by atoms with van der Waals surface area (Å²) in [5.41, 5.74) is 0.711. The van der Waals surface area contributed by atoms with Crippen molar-refractivity contribution in [1.29, 1.82) is 0 Å². The van der Waals surface area contributed by atoms with E-state index in [1.54, 1.807) is 23.1 Å². The summed E-state index contributed by atoms with van der Waals surface area (Å²) in [7, 11) is 0. The topological polar surface area (TPSA) is 87.5 Å². The van der Waals surface area contributed by atoms with E-state index < -0.39 is 0 Å². The molecule has 4 rings (SSSR count). The molecule has 0 spiro atoms. The van der Waals surface area contributed by atoms with Gasteiger partial charge in [-0.25, -0.2) is 9.78 Å². The fraction of sp³-hybridized carbons (Fsp3) is 0.389. The molecule has 2 fully saturated rings. The summed E-state index contributed by atoms with van der Waals surface area (Å²) in [6.45, 7) is 0.179. The van der Waals surface area contributed by atoms with E-state index in [9.17, 15) is 9.59 Å². The Bertz CT molecular complexity index is 877. The smallest absolute Gasteiger partial charge is 0.322 e. The second-order valence-electron chi connectivity index (χ2n) is 6.79. The minimum atomic E-state index is -0.302. The second kappa shape index (κ2) is 7.40. The molecule has 1 heterocycles. The van der Waals surface area contributed by atoms with E-state index in [1.165, 1.54) is 6.26 Å². The molecule has 1 aromatic carbocycles. The molecular formula is C18H18Cl2N4O3. The molecule has 0 saturated heterocycles. The summed E-state index contributed by atoms with van der Waals surface area (Å²) >= 11 is 12.0. The summed E-state index contributed by atoms with van der Waals surface area (Å²) in [4.78, 5) is 30.6. The molecule has 2 aliphatic rings. The van der Waals surface area contributed by atoms with Gasteiger partial charge in [0.05, 0.1) is 17.3 Å². The molecule has 9 heteroatoms. The van der Waals surface area contributed by atoms with Crippen LogP contribution in [0.15, 0.2) is 28.9 Å². The Labute approximate surface area is 166 Å². The fourth-order valence-corrected chi connectivity index (χ4v) is 3.11. The first-order valence-electron chi connectivity index (χ1n) is 8.77. The molecule has 0 radical (unpaired) electrons. The molecule has 2 aliphatic carbocycles. The zero-order chi connectivity index (χ0) is 19.0. The molecular weight excluding hydrogens is 391 g/mol. The first kappa shape index (κ1) is 18.1. The Kier molecular flexibility index (Phi) is 4.97. The second-order valence-corrected chi connectivity index (χ2v) is 7.63. The van der Waals surface area contributed by atoms with Gasteiger partial charge in [-0.3, -0.25) is 4.79 Å². The number of hydrogen-bond acceptors (Lipinski definition) is 4. The van der Waals surface area contributed by atoms with Gasteiger partial charge in [0.25, 0.3) is 5.91 Å². The highest BCUT2D eigenvalue weighted by Gasteiger charge is 2.34. The Morgan fingerprint density at radius 3 is 2.67 bits per heavy atom. The van der Waals surface area contributed by atoms with Gasteiger partial charge in [-0.1, -0.05) is 23.2 Å². The maximum Gasteiger partial charge on any atom is 0.322 e. The maximum absolute atomic E-state index is 12.7. The SMILES string of the molecule is O=C(NC1CC1)c1coc(CN(C(=O)Nc2ccc(Cl)cc2Cl)C2CC2)n1. The van der Waals surface area contributed by atoms with Crippen molar-refractivity contribution in [3.8, 4) is 0 Å². The third-order valence-corrected chi connectivity index (χ3v) is 4.97. The monoisotopic (exact) mass is 408 g/mol. The van der Waals surface area contributed by atoms with E-state index in [0.29, 0.717) is 21.6 Å². The van der Waals surface area contributed by atoms with Crippen molar-refractivity contribution in [3.05, 3.63) is 46.1 Å². The van der Waals surface area contributed by atoms with Crippen LogP contribution in [-0.4, -0.2) is 33.9 Å². The number of hydrogen-bond donors (Lipinski definition) is 2. The Morgan fingerprint density at radius 1 is 1.22 bits per heavy atom. The Balaban J connectivity index is 1.42. The molecule has 2 N–H and O–H groups in total. The summed E-state index contributed by atoms with van der Waals surface area (Å²) in [6, 6.07) is 4.94. The van der Waals surface area contributed by atoms with Crippen LogP contribution >= 0.6 is 23.2 Å². The van der Waals surface area contributed by atoms with E-state index in [2.05, 4.69) is 15.6 Å². The van der Waals surface area contributed by atoms with E-state index in [4.69, 9.17) is 27.6 Å². The van der Waals surface area contributed by atoms with Gasteiger partial charge in [-0.2, -0.15) is 0 Å². The van der Waals surface area contributed by atoms with Crippen molar-refractivity contribution < 1.29 is 14.0 Å². The van der Waals surface area contributed by atoms with Crippen LogP contribution in [0.1, 0.15) is 42.1 Å². The zero-order valence-electron chi connectivity index (χ0n) is 14.4. The molecule has 0 aliphatic heterocycles. The van der Waals surface area contributed by atoms with Crippen molar-refractivity contribution in [2.45, 2.75) is 44.3 Å². The summed E-state index contributed by atoms with van der Waals surface area (Å²) in [5, 5.41) is 6.51.